The highest BCUT2D eigenvalue weighted by atomic mass is 16.5. The molecule has 112 valence electrons. The number of para-hydroxylation sites is 1. The van der Waals surface area contributed by atoms with Crippen molar-refractivity contribution in [2.24, 2.45) is 14.1 Å². The van der Waals surface area contributed by atoms with Crippen LogP contribution in [0.4, 0.5) is 0 Å². The van der Waals surface area contributed by atoms with Gasteiger partial charge >= 0.3 is 17.1 Å². The van der Waals surface area contributed by atoms with Crippen LogP contribution in [0.15, 0.2) is 33.9 Å². The van der Waals surface area contributed by atoms with E-state index >= 15 is 0 Å². The van der Waals surface area contributed by atoms with Gasteiger partial charge in [0.2, 0.25) is 11.5 Å². The summed E-state index contributed by atoms with van der Waals surface area (Å²) in [5.41, 5.74) is -1.70. The van der Waals surface area contributed by atoms with Gasteiger partial charge in [-0.25, -0.2) is 9.52 Å². The summed E-state index contributed by atoms with van der Waals surface area (Å²) < 4.78 is 2.18. The summed E-state index contributed by atoms with van der Waals surface area (Å²) >= 11 is 0. The molecule has 0 unspecified atom stereocenters. The maximum absolute atomic E-state index is 12.5. The van der Waals surface area contributed by atoms with Crippen molar-refractivity contribution in [3.8, 4) is 28.7 Å². The van der Waals surface area contributed by atoms with Crippen molar-refractivity contribution in [3.63, 3.8) is 0 Å². The molecule has 3 rings (SSSR count). The molecule has 9 nitrogen and oxygen atoms in total. The van der Waals surface area contributed by atoms with Crippen molar-refractivity contribution in [1.82, 2.24) is 19.3 Å². The van der Waals surface area contributed by atoms with Gasteiger partial charge in [-0.2, -0.15) is 9.67 Å². The summed E-state index contributed by atoms with van der Waals surface area (Å²) in [7, 11) is 2.69. The molecule has 0 saturated carbocycles. The van der Waals surface area contributed by atoms with E-state index in [9.17, 15) is 19.9 Å². The number of hydrogen-bond donors (Lipinski definition) is 1. The fourth-order valence-corrected chi connectivity index (χ4v) is 2.13. The fraction of sp³-hybridized carbons (Fsp3) is 0.154. The molecule has 2 aliphatic rings. The van der Waals surface area contributed by atoms with Crippen molar-refractivity contribution in [2.45, 2.75) is 0 Å². The van der Waals surface area contributed by atoms with E-state index < -0.39 is 11.2 Å². The van der Waals surface area contributed by atoms with Gasteiger partial charge in [0.1, 0.15) is 11.3 Å². The number of benzene rings is 1. The summed E-state index contributed by atoms with van der Waals surface area (Å²) in [6, 6.07) is 6.12. The lowest BCUT2D eigenvalue weighted by atomic mass is 10.2. The maximum Gasteiger partial charge on any atom is 0.363 e. The van der Waals surface area contributed by atoms with Crippen molar-refractivity contribution < 1.29 is 9.84 Å². The van der Waals surface area contributed by atoms with Crippen LogP contribution in [0.1, 0.15) is 0 Å². The molecule has 1 N–H and O–H groups in total. The number of nitrogens with zero attached hydrogens (tertiary/aromatic N) is 5. The average Bonchev–Trinajstić information content (AvgIpc) is 2.49. The quantitative estimate of drug-likeness (QED) is 0.454. The van der Waals surface area contributed by atoms with E-state index in [1.165, 1.54) is 26.2 Å². The average molecular weight is 301 g/mol. The Hall–Kier alpha value is -3.23. The number of fused-ring (bicyclic) bond motifs is 1. The van der Waals surface area contributed by atoms with E-state index in [1.807, 2.05) is 0 Å². The van der Waals surface area contributed by atoms with E-state index in [-0.39, 0.29) is 33.4 Å². The molecule has 1 aromatic rings. The van der Waals surface area contributed by atoms with Crippen molar-refractivity contribution in [1.29, 1.82) is 0 Å². The zero-order chi connectivity index (χ0) is 16.0. The van der Waals surface area contributed by atoms with Gasteiger partial charge in [-0.05, 0) is 12.1 Å². The lowest BCUT2D eigenvalue weighted by Gasteiger charge is -2.14. The first-order valence-electron chi connectivity index (χ1n) is 6.28. The molecule has 2 aliphatic heterocycles. The zero-order valence-electron chi connectivity index (χ0n) is 11.7. The van der Waals surface area contributed by atoms with Crippen LogP contribution in [0, 0.1) is 5.21 Å². The van der Waals surface area contributed by atoms with E-state index in [4.69, 9.17) is 0 Å². The smallest absolute Gasteiger partial charge is 0.363 e. The lowest BCUT2D eigenvalue weighted by Crippen LogP contribution is -2.47. The first-order valence-corrected chi connectivity index (χ1v) is 6.28. The molecule has 0 spiro atoms. The topological polar surface area (TPSA) is 117 Å². The minimum Gasteiger partial charge on any atom is -0.710 e. The Morgan fingerprint density at radius 2 is 1.91 bits per heavy atom. The highest BCUT2D eigenvalue weighted by Gasteiger charge is 2.28. The molecule has 0 saturated heterocycles. The molecule has 2 heterocycles. The largest absolute Gasteiger partial charge is 0.710 e. The molecule has 0 radical (unpaired) electrons. The van der Waals surface area contributed by atoms with Gasteiger partial charge in [0.05, 0.1) is 12.1 Å². The standard InChI is InChI=1S/C13H11N5O4/c1-16-12(20)9-11(14-13(16)21)17(2)15-10(18(9)22)7-5-3-4-6-8(7)19/h3-6,19H,1-2H3. The number of aromatic hydroxyl groups is 1. The van der Waals surface area contributed by atoms with Crippen LogP contribution >= 0.6 is 0 Å². The number of rotatable bonds is 1. The van der Waals surface area contributed by atoms with Gasteiger partial charge in [0.25, 0.3) is 0 Å². The summed E-state index contributed by atoms with van der Waals surface area (Å²) in [6.07, 6.45) is 0. The number of phenols is 1. The Morgan fingerprint density at radius 1 is 1.23 bits per heavy atom. The molecule has 0 aromatic heterocycles. The minimum atomic E-state index is -0.778. The highest BCUT2D eigenvalue weighted by molar-refractivity contribution is 5.62. The minimum absolute atomic E-state index is 0.123. The molecule has 0 atom stereocenters. The first-order chi connectivity index (χ1) is 10.4. The third-order valence-corrected chi connectivity index (χ3v) is 3.30. The number of phenolic OH excluding ortho intramolecular Hbond substituents is 1. The van der Waals surface area contributed by atoms with E-state index in [0.29, 0.717) is 0 Å². The number of aryl methyl sites for hydroxylation is 1. The third kappa shape index (κ3) is 1.83. The van der Waals surface area contributed by atoms with Gasteiger partial charge in [-0.15, -0.1) is 0 Å². The Labute approximate surface area is 123 Å². The first kappa shape index (κ1) is 13.7. The molecule has 0 amide bonds. The fourth-order valence-electron chi connectivity index (χ4n) is 2.13. The van der Waals surface area contributed by atoms with Crippen LogP contribution < -0.4 is 16.0 Å². The summed E-state index contributed by atoms with van der Waals surface area (Å²) in [5, 5.41) is 26.4. The molecule has 0 bridgehead atoms. The van der Waals surface area contributed by atoms with Crippen LogP contribution in [0.2, 0.25) is 0 Å². The molecular formula is C13H11N5O4. The summed E-state index contributed by atoms with van der Waals surface area (Å²) in [5.74, 6) is -0.433. The van der Waals surface area contributed by atoms with Gasteiger partial charge in [0, 0.05) is 7.05 Å². The Bertz CT molecular complexity index is 975. The van der Waals surface area contributed by atoms with Crippen LogP contribution in [0.5, 0.6) is 5.75 Å². The van der Waals surface area contributed by atoms with E-state index in [0.717, 1.165) is 9.25 Å². The second-order valence-corrected chi connectivity index (χ2v) is 4.69. The zero-order valence-corrected chi connectivity index (χ0v) is 11.7. The molecule has 22 heavy (non-hydrogen) atoms. The predicted molar refractivity (Wildman–Crippen MR) is 75.2 cm³/mol. The van der Waals surface area contributed by atoms with Gasteiger partial charge in [-0.3, -0.25) is 9.36 Å². The summed E-state index contributed by atoms with van der Waals surface area (Å²) in [6.45, 7) is 0. The van der Waals surface area contributed by atoms with Crippen molar-refractivity contribution in [3.05, 3.63) is 50.3 Å². The van der Waals surface area contributed by atoms with Crippen LogP contribution in [0.25, 0.3) is 22.9 Å². The van der Waals surface area contributed by atoms with Crippen molar-refractivity contribution in [2.75, 3.05) is 0 Å². The van der Waals surface area contributed by atoms with Crippen molar-refractivity contribution >= 4 is 0 Å². The third-order valence-electron chi connectivity index (χ3n) is 3.30. The highest BCUT2D eigenvalue weighted by Crippen LogP contribution is 2.25. The molecule has 1 aromatic carbocycles. The second-order valence-electron chi connectivity index (χ2n) is 4.69. The molecule has 0 fully saturated rings. The van der Waals surface area contributed by atoms with Gasteiger partial charge in [0.15, 0.2) is 0 Å². The normalized spacial score (nSPS) is 11.0. The number of aromatic nitrogens is 5. The van der Waals surface area contributed by atoms with Crippen LogP contribution in [-0.4, -0.2) is 24.4 Å². The van der Waals surface area contributed by atoms with Gasteiger partial charge < -0.3 is 10.3 Å². The molecule has 0 aliphatic carbocycles. The van der Waals surface area contributed by atoms with Gasteiger partial charge in [-0.1, -0.05) is 12.1 Å². The Balaban J connectivity index is 2.49. The second kappa shape index (κ2) is 4.65. The monoisotopic (exact) mass is 301 g/mol. The Morgan fingerprint density at radius 3 is 2.59 bits per heavy atom. The molecule has 9 heteroatoms. The number of hydrogen-bond acceptors (Lipinski definition) is 6. The summed E-state index contributed by atoms with van der Waals surface area (Å²) in [4.78, 5) is 27.5. The maximum atomic E-state index is 12.5. The SMILES string of the molecule is Cn1nc(-c2ccccc2O)[n+]([O-])c2c(=O)n(C)c(=O)nc1-2. The van der Waals surface area contributed by atoms with E-state index in [2.05, 4.69) is 10.1 Å². The van der Waals surface area contributed by atoms with E-state index in [1.54, 1.807) is 12.1 Å². The lowest BCUT2D eigenvalue weighted by molar-refractivity contribution is -0.587. The predicted octanol–water partition coefficient (Wildman–Crippen LogP) is -1.02. The van der Waals surface area contributed by atoms with Crippen LogP contribution in [0.3, 0.4) is 0 Å². The van der Waals surface area contributed by atoms with Crippen LogP contribution in [-0.2, 0) is 14.1 Å². The Kier molecular flexibility index (Phi) is 2.91. The molecular weight excluding hydrogens is 290 g/mol.